The molecule has 1 heterocycles. The average molecular weight is 185 g/mol. The van der Waals surface area contributed by atoms with E-state index in [1.165, 1.54) is 19.0 Å². The Bertz CT molecular complexity index is 276. The van der Waals surface area contributed by atoms with Gasteiger partial charge in [0.05, 0.1) is 19.0 Å². The van der Waals surface area contributed by atoms with Gasteiger partial charge in [-0.3, -0.25) is 4.98 Å². The van der Waals surface area contributed by atoms with Gasteiger partial charge in [-0.25, -0.2) is 0 Å². The zero-order valence-corrected chi connectivity index (χ0v) is 7.29. The van der Waals surface area contributed by atoms with Crippen molar-refractivity contribution in [3.8, 4) is 5.88 Å². The Labute approximate surface area is 75.7 Å². The highest BCUT2D eigenvalue weighted by Crippen LogP contribution is 2.29. The number of halogens is 1. The smallest absolute Gasteiger partial charge is 0.233 e. The van der Waals surface area contributed by atoms with Gasteiger partial charge in [0.25, 0.3) is 0 Å². The lowest BCUT2D eigenvalue weighted by atomic mass is 10.5. The van der Waals surface area contributed by atoms with Crippen LogP contribution in [0.1, 0.15) is 12.8 Å². The van der Waals surface area contributed by atoms with Crippen LogP contribution >= 0.6 is 11.6 Å². The van der Waals surface area contributed by atoms with Gasteiger partial charge in [-0.05, 0) is 18.8 Å². The van der Waals surface area contributed by atoms with Crippen molar-refractivity contribution >= 4 is 11.6 Å². The molecule has 0 unspecified atom stereocenters. The number of ether oxygens (including phenoxy) is 1. The van der Waals surface area contributed by atoms with Gasteiger partial charge < -0.3 is 4.74 Å². The van der Waals surface area contributed by atoms with Crippen molar-refractivity contribution in [3.05, 3.63) is 17.5 Å². The molecule has 1 saturated carbocycles. The second-order valence-corrected chi connectivity index (χ2v) is 3.32. The molecule has 1 fully saturated rings. The fourth-order valence-electron chi connectivity index (χ4n) is 0.883. The van der Waals surface area contributed by atoms with Crippen LogP contribution in [-0.4, -0.2) is 16.6 Å². The maximum atomic E-state index is 5.62. The van der Waals surface area contributed by atoms with Crippen LogP contribution in [0.25, 0.3) is 0 Å². The zero-order chi connectivity index (χ0) is 8.39. The highest BCUT2D eigenvalue weighted by Gasteiger charge is 2.22. The molecule has 64 valence electrons. The summed E-state index contributed by atoms with van der Waals surface area (Å²) in [4.78, 5) is 7.82. The van der Waals surface area contributed by atoms with Crippen LogP contribution in [0.4, 0.5) is 0 Å². The quantitative estimate of drug-likeness (QED) is 0.720. The van der Waals surface area contributed by atoms with Gasteiger partial charge in [0.15, 0.2) is 5.15 Å². The Morgan fingerprint density at radius 3 is 3.00 bits per heavy atom. The molecule has 2 rings (SSSR count). The summed E-state index contributed by atoms with van der Waals surface area (Å²) in [5.74, 6) is 1.25. The lowest BCUT2D eigenvalue weighted by molar-refractivity contribution is 0.287. The lowest BCUT2D eigenvalue weighted by Crippen LogP contribution is -2.00. The lowest BCUT2D eigenvalue weighted by Gasteiger charge is -2.02. The predicted octanol–water partition coefficient (Wildman–Crippen LogP) is 1.92. The molecule has 1 aliphatic rings. The molecule has 0 spiro atoms. The Balaban J connectivity index is 1.92. The summed E-state index contributed by atoms with van der Waals surface area (Å²) in [6.45, 7) is 0.745. The van der Waals surface area contributed by atoms with Crippen LogP contribution in [0.15, 0.2) is 12.4 Å². The Kier molecular flexibility index (Phi) is 2.13. The number of hydrogen-bond donors (Lipinski definition) is 0. The molecule has 12 heavy (non-hydrogen) atoms. The SMILES string of the molecule is Clc1cncc(OCC2CC2)n1. The van der Waals surface area contributed by atoms with Crippen LogP contribution in [-0.2, 0) is 0 Å². The number of nitrogens with zero attached hydrogens (tertiary/aromatic N) is 2. The second-order valence-electron chi connectivity index (χ2n) is 2.93. The van der Waals surface area contributed by atoms with Crippen molar-refractivity contribution in [2.24, 2.45) is 5.92 Å². The average Bonchev–Trinajstić information content (AvgIpc) is 2.84. The van der Waals surface area contributed by atoms with Crippen molar-refractivity contribution in [1.29, 1.82) is 0 Å². The van der Waals surface area contributed by atoms with E-state index in [9.17, 15) is 0 Å². The topological polar surface area (TPSA) is 35.0 Å². The van der Waals surface area contributed by atoms with E-state index in [0.29, 0.717) is 11.0 Å². The van der Waals surface area contributed by atoms with Crippen molar-refractivity contribution in [1.82, 2.24) is 9.97 Å². The van der Waals surface area contributed by atoms with E-state index in [2.05, 4.69) is 9.97 Å². The summed E-state index contributed by atoms with van der Waals surface area (Å²) in [5.41, 5.74) is 0. The van der Waals surface area contributed by atoms with Crippen molar-refractivity contribution < 1.29 is 4.74 Å². The first-order chi connectivity index (χ1) is 5.84. The van der Waals surface area contributed by atoms with Crippen LogP contribution in [0, 0.1) is 5.92 Å². The largest absolute Gasteiger partial charge is 0.476 e. The molecule has 0 atom stereocenters. The normalized spacial score (nSPS) is 16.1. The first-order valence-electron chi connectivity index (χ1n) is 3.95. The van der Waals surface area contributed by atoms with E-state index in [1.54, 1.807) is 6.20 Å². The second kappa shape index (κ2) is 3.27. The minimum absolute atomic E-state index is 0.378. The highest BCUT2D eigenvalue weighted by molar-refractivity contribution is 6.29. The number of aromatic nitrogens is 2. The highest BCUT2D eigenvalue weighted by atomic mass is 35.5. The first kappa shape index (κ1) is 7.80. The number of hydrogen-bond acceptors (Lipinski definition) is 3. The number of rotatable bonds is 3. The summed E-state index contributed by atoms with van der Waals surface area (Å²) < 4.78 is 5.35. The molecule has 0 bridgehead atoms. The maximum absolute atomic E-state index is 5.62. The molecule has 1 aliphatic carbocycles. The molecular weight excluding hydrogens is 176 g/mol. The van der Waals surface area contributed by atoms with E-state index >= 15 is 0 Å². The van der Waals surface area contributed by atoms with Crippen molar-refractivity contribution in [2.45, 2.75) is 12.8 Å². The maximum Gasteiger partial charge on any atom is 0.233 e. The van der Waals surface area contributed by atoms with E-state index in [-0.39, 0.29) is 0 Å². The van der Waals surface area contributed by atoms with Crippen LogP contribution in [0.5, 0.6) is 5.88 Å². The fraction of sp³-hybridized carbons (Fsp3) is 0.500. The van der Waals surface area contributed by atoms with E-state index < -0.39 is 0 Å². The predicted molar refractivity (Wildman–Crippen MR) is 45.3 cm³/mol. The Morgan fingerprint density at radius 1 is 1.50 bits per heavy atom. The molecule has 0 amide bonds. The van der Waals surface area contributed by atoms with Gasteiger partial charge >= 0.3 is 0 Å². The summed E-state index contributed by atoms with van der Waals surface area (Å²) in [6, 6.07) is 0. The van der Waals surface area contributed by atoms with Gasteiger partial charge in [0, 0.05) is 0 Å². The Morgan fingerprint density at radius 2 is 2.33 bits per heavy atom. The molecule has 1 aromatic heterocycles. The van der Waals surface area contributed by atoms with Gasteiger partial charge in [0.1, 0.15) is 0 Å². The molecule has 0 saturated heterocycles. The van der Waals surface area contributed by atoms with E-state index in [4.69, 9.17) is 16.3 Å². The molecule has 0 aliphatic heterocycles. The molecule has 3 nitrogen and oxygen atoms in total. The van der Waals surface area contributed by atoms with Gasteiger partial charge in [-0.1, -0.05) is 11.6 Å². The summed E-state index contributed by atoms with van der Waals surface area (Å²) >= 11 is 5.62. The molecule has 0 N–H and O–H groups in total. The molecule has 1 aromatic rings. The summed E-state index contributed by atoms with van der Waals surface area (Å²) in [7, 11) is 0. The standard InChI is InChI=1S/C8H9ClN2O/c9-7-3-10-4-8(11-7)12-5-6-1-2-6/h3-4,6H,1-2,5H2. The van der Waals surface area contributed by atoms with Gasteiger partial charge in [-0.2, -0.15) is 4.98 Å². The van der Waals surface area contributed by atoms with Crippen LogP contribution in [0.3, 0.4) is 0 Å². The van der Waals surface area contributed by atoms with E-state index in [0.717, 1.165) is 12.5 Å². The molecule has 4 heteroatoms. The van der Waals surface area contributed by atoms with Crippen LogP contribution in [0.2, 0.25) is 5.15 Å². The Hall–Kier alpha value is -0.830. The monoisotopic (exact) mass is 184 g/mol. The fourth-order valence-corrected chi connectivity index (χ4v) is 1.02. The first-order valence-corrected chi connectivity index (χ1v) is 4.33. The molecular formula is C8H9ClN2O. The third kappa shape index (κ3) is 2.08. The van der Waals surface area contributed by atoms with Gasteiger partial charge in [0.2, 0.25) is 5.88 Å². The zero-order valence-electron chi connectivity index (χ0n) is 6.53. The third-order valence-electron chi connectivity index (χ3n) is 1.75. The van der Waals surface area contributed by atoms with Gasteiger partial charge in [-0.15, -0.1) is 0 Å². The molecule has 0 aromatic carbocycles. The van der Waals surface area contributed by atoms with Crippen LogP contribution < -0.4 is 4.74 Å². The molecule has 0 radical (unpaired) electrons. The third-order valence-corrected chi connectivity index (χ3v) is 1.93. The van der Waals surface area contributed by atoms with Crippen molar-refractivity contribution in [2.75, 3.05) is 6.61 Å². The minimum Gasteiger partial charge on any atom is -0.476 e. The van der Waals surface area contributed by atoms with Crippen molar-refractivity contribution in [3.63, 3.8) is 0 Å². The minimum atomic E-state index is 0.378. The van der Waals surface area contributed by atoms with E-state index in [1.807, 2.05) is 0 Å². The summed E-state index contributed by atoms with van der Waals surface area (Å²) in [6.07, 6.45) is 5.61. The summed E-state index contributed by atoms with van der Waals surface area (Å²) in [5, 5.41) is 0.378.